The maximum absolute atomic E-state index is 13.6. The molecule has 1 N–H and O–H groups in total. The van der Waals surface area contributed by atoms with Crippen molar-refractivity contribution in [2.75, 3.05) is 13.4 Å². The minimum atomic E-state index is -0.455. The van der Waals surface area contributed by atoms with Crippen LogP contribution < -0.4 is 0 Å². The first kappa shape index (κ1) is 42.6. The number of H-pyrrole nitrogens is 1. The molecule has 0 bridgehead atoms. The number of imidazole rings is 1. The van der Waals surface area contributed by atoms with Gasteiger partial charge in [0.15, 0.2) is 0 Å². The first-order valence-electron chi connectivity index (χ1n) is 22.8. The number of ether oxygens (including phenoxy) is 3. The summed E-state index contributed by atoms with van der Waals surface area (Å²) in [5, 5.41) is 0. The molecule has 0 saturated heterocycles. The van der Waals surface area contributed by atoms with Gasteiger partial charge in [0.05, 0.1) is 36.4 Å². The van der Waals surface area contributed by atoms with Crippen molar-refractivity contribution in [2.24, 2.45) is 51.8 Å². The van der Waals surface area contributed by atoms with E-state index in [-0.39, 0.29) is 46.9 Å². The Balaban J connectivity index is 0.951. The minimum Gasteiger partial charge on any atom is -0.457 e. The Kier molecular flexibility index (Phi) is 11.8. The molecule has 0 spiro atoms. The molecule has 1 aromatic heterocycles. The summed E-state index contributed by atoms with van der Waals surface area (Å²) in [6.07, 6.45) is 12.2. The van der Waals surface area contributed by atoms with Crippen LogP contribution in [0.5, 0.6) is 0 Å². The molecule has 60 heavy (non-hydrogen) atoms. The predicted octanol–water partition coefficient (Wildman–Crippen LogP) is 11.8. The topological polar surface area (TPSA) is 90.5 Å². The van der Waals surface area contributed by atoms with Crippen molar-refractivity contribution in [3.63, 3.8) is 0 Å². The summed E-state index contributed by atoms with van der Waals surface area (Å²) < 4.78 is 17.8. The summed E-state index contributed by atoms with van der Waals surface area (Å²) in [5.74, 6) is 2.19. The van der Waals surface area contributed by atoms with Crippen LogP contribution >= 0.6 is 0 Å². The number of nitrogens with zero attached hydrogens (tertiary/aromatic N) is 1. The van der Waals surface area contributed by atoms with Gasteiger partial charge in [0.1, 0.15) is 25.0 Å². The van der Waals surface area contributed by atoms with E-state index in [4.69, 9.17) is 25.8 Å². The van der Waals surface area contributed by atoms with Crippen molar-refractivity contribution >= 4 is 12.3 Å². The van der Waals surface area contributed by atoms with Crippen LogP contribution in [0.1, 0.15) is 117 Å². The van der Waals surface area contributed by atoms with E-state index in [1.54, 1.807) is 0 Å². The highest BCUT2D eigenvalue weighted by Gasteiger charge is 2.68. The van der Waals surface area contributed by atoms with E-state index in [0.717, 1.165) is 91.4 Å². The number of hydrogen-bond donors (Lipinski definition) is 1. The van der Waals surface area contributed by atoms with E-state index in [2.05, 4.69) is 77.4 Å². The molecule has 1 unspecified atom stereocenters. The number of rotatable bonds is 13. The number of carbonyl (C=O) groups is 2. The van der Waals surface area contributed by atoms with E-state index in [1.165, 1.54) is 11.1 Å². The zero-order valence-corrected chi connectivity index (χ0v) is 37.1. The molecule has 7 heteroatoms. The second-order valence-electron chi connectivity index (χ2n) is 20.3. The quantitative estimate of drug-likeness (QED) is 0.0608. The lowest BCUT2D eigenvalue weighted by atomic mass is 9.34. The molecular formula is C53H68N2O5. The number of fused-ring (bicyclic) bond motifs is 5. The fourth-order valence-corrected chi connectivity index (χ4v) is 13.4. The van der Waals surface area contributed by atoms with Crippen LogP contribution in [-0.4, -0.2) is 41.7 Å². The Morgan fingerprint density at radius 3 is 2.32 bits per heavy atom. The van der Waals surface area contributed by atoms with Crippen LogP contribution in [0.3, 0.4) is 0 Å². The van der Waals surface area contributed by atoms with Gasteiger partial charge in [-0.3, -0.25) is 4.79 Å². The Labute approximate surface area is 358 Å². The molecule has 0 aliphatic heterocycles. The van der Waals surface area contributed by atoms with Gasteiger partial charge in [-0.05, 0) is 121 Å². The summed E-state index contributed by atoms with van der Waals surface area (Å²) in [6, 6.07) is 20.5. The maximum atomic E-state index is 13.6. The number of hydrogen-bond acceptors (Lipinski definition) is 6. The molecule has 5 aliphatic rings. The van der Waals surface area contributed by atoms with Crippen LogP contribution in [0.15, 0.2) is 102 Å². The molecule has 0 amide bonds. The molecule has 5 saturated carbocycles. The number of aromatic amines is 1. The molecule has 320 valence electrons. The van der Waals surface area contributed by atoms with Crippen molar-refractivity contribution in [3.8, 4) is 11.3 Å². The second-order valence-corrected chi connectivity index (χ2v) is 20.3. The number of aldehydes is 1. The van der Waals surface area contributed by atoms with Gasteiger partial charge in [-0.15, -0.1) is 0 Å². The molecule has 1 heterocycles. The average Bonchev–Trinajstić information content (AvgIpc) is 3.75. The van der Waals surface area contributed by atoms with Gasteiger partial charge < -0.3 is 24.0 Å². The average molecular weight is 813 g/mol. The van der Waals surface area contributed by atoms with Crippen molar-refractivity contribution in [3.05, 3.63) is 114 Å². The van der Waals surface area contributed by atoms with Gasteiger partial charge in [-0.1, -0.05) is 125 Å². The highest BCUT2D eigenvalue weighted by molar-refractivity contribution is 5.78. The molecule has 8 rings (SSSR count). The van der Waals surface area contributed by atoms with Crippen molar-refractivity contribution < 1.29 is 23.8 Å². The van der Waals surface area contributed by atoms with E-state index in [1.807, 2.05) is 42.6 Å². The summed E-state index contributed by atoms with van der Waals surface area (Å²) in [5.41, 5.74) is 7.92. The Morgan fingerprint density at radius 1 is 0.883 bits per heavy atom. The van der Waals surface area contributed by atoms with E-state index in [9.17, 15) is 9.59 Å². The Bertz CT molecular complexity index is 2100. The highest BCUT2D eigenvalue weighted by atomic mass is 16.7. The number of nitrogens with one attached hydrogen (secondary N) is 1. The molecule has 5 fully saturated rings. The SMILES string of the molecule is C=C1[C@H](COCOCc2ccccc2)C[C@@H]1C(=O)O[C@H]1CC[C@@]2(C)[C@@H](CCC3(C)[C@@H]2CC[C@@H]2/C(=C(/C)C(C)C)[C@@](CC=O)(c4ncc(-c5ccccc5)[nH]4)CC[C@]23C)C1=C. The normalized spacial score (nSPS) is 35.8. The number of benzene rings is 2. The van der Waals surface area contributed by atoms with Crippen molar-refractivity contribution in [2.45, 2.75) is 124 Å². The molecule has 3 aromatic rings. The summed E-state index contributed by atoms with van der Waals surface area (Å²) in [4.78, 5) is 35.3. The third-order valence-corrected chi connectivity index (χ3v) is 17.3. The van der Waals surface area contributed by atoms with E-state index >= 15 is 0 Å². The predicted molar refractivity (Wildman–Crippen MR) is 237 cm³/mol. The molecule has 5 aliphatic carbocycles. The third kappa shape index (κ3) is 7.09. The lowest BCUT2D eigenvalue weighted by Crippen LogP contribution is -2.64. The largest absolute Gasteiger partial charge is 0.457 e. The molecule has 10 atom stereocenters. The molecule has 7 nitrogen and oxygen atoms in total. The number of aromatic nitrogens is 2. The smallest absolute Gasteiger partial charge is 0.313 e. The summed E-state index contributed by atoms with van der Waals surface area (Å²) in [7, 11) is 0. The number of allylic oxidation sites excluding steroid dienone is 2. The van der Waals surface area contributed by atoms with Crippen molar-refractivity contribution in [1.29, 1.82) is 0 Å². The molecule has 0 radical (unpaired) electrons. The fourth-order valence-electron chi connectivity index (χ4n) is 13.4. The Morgan fingerprint density at radius 2 is 1.62 bits per heavy atom. The molecule has 2 aromatic carbocycles. The van der Waals surface area contributed by atoms with Gasteiger partial charge in [0, 0.05) is 12.3 Å². The fraction of sp³-hybridized carbons (Fsp3) is 0.566. The van der Waals surface area contributed by atoms with Gasteiger partial charge in [0.2, 0.25) is 0 Å². The third-order valence-electron chi connectivity index (χ3n) is 17.3. The lowest BCUT2D eigenvalue weighted by molar-refractivity contribution is -0.191. The van der Waals surface area contributed by atoms with Crippen LogP contribution in [0.4, 0.5) is 0 Å². The monoisotopic (exact) mass is 813 g/mol. The van der Waals surface area contributed by atoms with E-state index < -0.39 is 5.41 Å². The van der Waals surface area contributed by atoms with Gasteiger partial charge in [-0.2, -0.15) is 0 Å². The van der Waals surface area contributed by atoms with Gasteiger partial charge >= 0.3 is 5.97 Å². The first-order valence-corrected chi connectivity index (χ1v) is 22.8. The van der Waals surface area contributed by atoms with Crippen LogP contribution in [0, 0.1) is 51.8 Å². The maximum Gasteiger partial charge on any atom is 0.313 e. The minimum absolute atomic E-state index is 0.0557. The first-order chi connectivity index (χ1) is 28.8. The standard InChI is InChI=1S/C53H68N2O5/c1-34(2)35(3)47-43-19-20-46-50(6)23-22-45(60-48(57)41-29-40(36(41)4)32-59-33-58-31-38-15-11-9-12-16-38)37(5)42(50)21-24-52(46,8)51(43,7)25-26-53(47,27-28-56)49-54-30-44(55-49)39-17-13-10-14-18-39/h9-18,28,30,34,40-43,45-46H,4-5,19-27,29,31-33H2,1-3,6-8H3,(H,54,55)/b47-35+/t40-,41-,42-,43+,45-,46+,50-,51+,52?,53+/m0/s1. The van der Waals surface area contributed by atoms with Crippen molar-refractivity contribution in [1.82, 2.24) is 9.97 Å². The van der Waals surface area contributed by atoms with E-state index in [0.29, 0.717) is 49.7 Å². The summed E-state index contributed by atoms with van der Waals surface area (Å²) in [6.45, 7) is 24.9. The van der Waals surface area contributed by atoms with Crippen LogP contribution in [-0.2, 0) is 35.8 Å². The zero-order valence-electron chi connectivity index (χ0n) is 37.1. The number of esters is 1. The Hall–Kier alpha value is -4.07. The van der Waals surface area contributed by atoms with Gasteiger partial charge in [0.25, 0.3) is 0 Å². The highest BCUT2D eigenvalue weighted by Crippen LogP contribution is 2.75. The van der Waals surface area contributed by atoms with Gasteiger partial charge in [-0.25, -0.2) is 4.98 Å². The zero-order chi connectivity index (χ0) is 42.5. The number of carbonyl (C=O) groups excluding carboxylic acids is 2. The lowest BCUT2D eigenvalue weighted by Gasteiger charge is -2.71. The van der Waals surface area contributed by atoms with Crippen LogP contribution in [0.25, 0.3) is 11.3 Å². The van der Waals surface area contributed by atoms with Crippen LogP contribution in [0.2, 0.25) is 0 Å². The summed E-state index contributed by atoms with van der Waals surface area (Å²) >= 11 is 0. The molecular weight excluding hydrogens is 745 g/mol. The second kappa shape index (κ2) is 16.7.